The van der Waals surface area contributed by atoms with Crippen molar-refractivity contribution < 1.29 is 4.74 Å². The fourth-order valence-electron chi connectivity index (χ4n) is 2.02. The largest absolute Gasteiger partial charge is 0.489 e. The molecule has 0 aliphatic heterocycles. The molecule has 3 aromatic rings. The van der Waals surface area contributed by atoms with Crippen LogP contribution in [0.25, 0.3) is 0 Å². The number of ether oxygens (including phenoxy) is 1. The first kappa shape index (κ1) is 14.4. The number of hydrogen-bond donors (Lipinski definition) is 2. The van der Waals surface area contributed by atoms with Crippen LogP contribution in [0, 0.1) is 0 Å². The highest BCUT2D eigenvalue weighted by atomic mass is 35.5. The molecular weight excluding hydrogens is 300 g/mol. The van der Waals surface area contributed by atoms with E-state index in [1.54, 1.807) is 0 Å². The molecule has 5 nitrogen and oxygen atoms in total. The number of aromatic amines is 1. The van der Waals surface area contributed by atoms with E-state index in [0.29, 0.717) is 24.1 Å². The lowest BCUT2D eigenvalue weighted by molar-refractivity contribution is 0.306. The molecule has 2 aromatic carbocycles. The van der Waals surface area contributed by atoms with Gasteiger partial charge in [0.2, 0.25) is 5.95 Å². The van der Waals surface area contributed by atoms with Crippen molar-refractivity contribution in [1.82, 2.24) is 15.2 Å². The molecule has 2 N–H and O–H groups in total. The lowest BCUT2D eigenvalue weighted by atomic mass is 10.2. The van der Waals surface area contributed by atoms with E-state index in [-0.39, 0.29) is 0 Å². The summed E-state index contributed by atoms with van der Waals surface area (Å²) in [7, 11) is 0. The molecule has 0 spiro atoms. The van der Waals surface area contributed by atoms with E-state index in [4.69, 9.17) is 16.3 Å². The van der Waals surface area contributed by atoms with Crippen molar-refractivity contribution in [1.29, 1.82) is 0 Å². The predicted octanol–water partition coefficient (Wildman–Crippen LogP) is 3.65. The molecule has 1 aromatic heterocycles. The maximum atomic E-state index is 5.96. The van der Waals surface area contributed by atoms with Crippen LogP contribution in [-0.2, 0) is 13.2 Å². The molecule has 1 heterocycles. The van der Waals surface area contributed by atoms with Gasteiger partial charge in [0, 0.05) is 11.6 Å². The maximum absolute atomic E-state index is 5.96. The number of H-pyrrole nitrogens is 1. The van der Waals surface area contributed by atoms with Crippen LogP contribution in [0.2, 0.25) is 5.02 Å². The number of hydrogen-bond acceptors (Lipinski definition) is 4. The highest BCUT2D eigenvalue weighted by molar-refractivity contribution is 6.30. The van der Waals surface area contributed by atoms with Crippen LogP contribution in [-0.4, -0.2) is 15.2 Å². The minimum Gasteiger partial charge on any atom is -0.489 e. The average molecular weight is 315 g/mol. The Morgan fingerprint density at radius 2 is 1.95 bits per heavy atom. The van der Waals surface area contributed by atoms with Gasteiger partial charge in [0.15, 0.2) is 0 Å². The molecule has 0 aliphatic rings. The van der Waals surface area contributed by atoms with Crippen molar-refractivity contribution in [3.05, 3.63) is 71.0 Å². The zero-order valence-electron chi connectivity index (χ0n) is 11.8. The third-order valence-electron chi connectivity index (χ3n) is 3.07. The van der Waals surface area contributed by atoms with Gasteiger partial charge in [-0.2, -0.15) is 5.10 Å². The van der Waals surface area contributed by atoms with Crippen LogP contribution in [0.5, 0.6) is 5.75 Å². The Labute approximate surface area is 133 Å². The van der Waals surface area contributed by atoms with Crippen LogP contribution >= 0.6 is 11.6 Å². The molecule has 112 valence electrons. The number of anilines is 1. The van der Waals surface area contributed by atoms with Crippen LogP contribution < -0.4 is 10.1 Å². The van der Waals surface area contributed by atoms with Crippen molar-refractivity contribution in [2.24, 2.45) is 0 Å². The number of aromatic nitrogens is 3. The van der Waals surface area contributed by atoms with Crippen LogP contribution in [0.15, 0.2) is 54.9 Å². The molecule has 0 fully saturated rings. The van der Waals surface area contributed by atoms with E-state index in [1.165, 1.54) is 6.33 Å². The topological polar surface area (TPSA) is 62.8 Å². The summed E-state index contributed by atoms with van der Waals surface area (Å²) in [6.07, 6.45) is 1.47. The van der Waals surface area contributed by atoms with Gasteiger partial charge in [-0.3, -0.25) is 0 Å². The SMILES string of the molecule is Clc1cccc(COc2cccc(CNc3ncn[nH]3)c2)c1. The predicted molar refractivity (Wildman–Crippen MR) is 85.9 cm³/mol. The second-order valence-corrected chi connectivity index (χ2v) is 5.19. The molecule has 22 heavy (non-hydrogen) atoms. The van der Waals surface area contributed by atoms with Crippen molar-refractivity contribution >= 4 is 17.5 Å². The van der Waals surface area contributed by atoms with Crippen molar-refractivity contribution in [2.45, 2.75) is 13.2 Å². The Morgan fingerprint density at radius 1 is 1.09 bits per heavy atom. The van der Waals surface area contributed by atoms with Crippen molar-refractivity contribution in [3.8, 4) is 5.75 Å². The summed E-state index contributed by atoms with van der Waals surface area (Å²) < 4.78 is 5.80. The van der Waals surface area contributed by atoms with Gasteiger partial charge < -0.3 is 10.1 Å². The van der Waals surface area contributed by atoms with Gasteiger partial charge >= 0.3 is 0 Å². The number of benzene rings is 2. The Kier molecular flexibility index (Phi) is 4.56. The zero-order valence-corrected chi connectivity index (χ0v) is 12.5. The lowest BCUT2D eigenvalue weighted by Gasteiger charge is -2.09. The van der Waals surface area contributed by atoms with Gasteiger partial charge in [-0.15, -0.1) is 0 Å². The Bertz CT molecular complexity index is 731. The summed E-state index contributed by atoms with van der Waals surface area (Å²) in [4.78, 5) is 4.02. The second kappa shape index (κ2) is 6.95. The first-order valence-electron chi connectivity index (χ1n) is 6.85. The molecular formula is C16H15ClN4O. The van der Waals surface area contributed by atoms with Gasteiger partial charge in [0.1, 0.15) is 18.7 Å². The Morgan fingerprint density at radius 3 is 2.77 bits per heavy atom. The zero-order chi connectivity index (χ0) is 15.2. The fourth-order valence-corrected chi connectivity index (χ4v) is 2.23. The third kappa shape index (κ3) is 3.99. The maximum Gasteiger partial charge on any atom is 0.218 e. The van der Waals surface area contributed by atoms with Crippen molar-refractivity contribution in [3.63, 3.8) is 0 Å². The van der Waals surface area contributed by atoms with Crippen LogP contribution in [0.1, 0.15) is 11.1 Å². The summed E-state index contributed by atoms with van der Waals surface area (Å²) >= 11 is 5.96. The van der Waals surface area contributed by atoms with E-state index in [9.17, 15) is 0 Å². The summed E-state index contributed by atoms with van der Waals surface area (Å²) in [5, 5.41) is 10.4. The van der Waals surface area contributed by atoms with Gasteiger partial charge in [-0.25, -0.2) is 10.1 Å². The summed E-state index contributed by atoms with van der Waals surface area (Å²) in [6.45, 7) is 1.13. The average Bonchev–Trinajstić information content (AvgIpc) is 3.05. The molecule has 0 aliphatic carbocycles. The van der Waals surface area contributed by atoms with E-state index in [2.05, 4.69) is 20.5 Å². The number of nitrogens with one attached hydrogen (secondary N) is 2. The van der Waals surface area contributed by atoms with Gasteiger partial charge in [0.05, 0.1) is 0 Å². The van der Waals surface area contributed by atoms with Crippen LogP contribution in [0.4, 0.5) is 5.95 Å². The Hall–Kier alpha value is -2.53. The Balaban J connectivity index is 1.59. The van der Waals surface area contributed by atoms with Crippen molar-refractivity contribution in [2.75, 3.05) is 5.32 Å². The van der Waals surface area contributed by atoms with E-state index >= 15 is 0 Å². The minimum absolute atomic E-state index is 0.486. The molecule has 0 bridgehead atoms. The van der Waals surface area contributed by atoms with Gasteiger partial charge in [-0.1, -0.05) is 35.9 Å². The minimum atomic E-state index is 0.486. The van der Waals surface area contributed by atoms with E-state index in [1.807, 2.05) is 48.5 Å². The fraction of sp³-hybridized carbons (Fsp3) is 0.125. The number of halogens is 1. The molecule has 0 atom stereocenters. The molecule has 0 radical (unpaired) electrons. The van der Waals surface area contributed by atoms with E-state index < -0.39 is 0 Å². The third-order valence-corrected chi connectivity index (χ3v) is 3.30. The van der Waals surface area contributed by atoms with Gasteiger partial charge in [-0.05, 0) is 35.4 Å². The normalized spacial score (nSPS) is 10.4. The second-order valence-electron chi connectivity index (χ2n) is 4.75. The lowest BCUT2D eigenvalue weighted by Crippen LogP contribution is -2.02. The van der Waals surface area contributed by atoms with Crippen LogP contribution in [0.3, 0.4) is 0 Å². The first-order chi connectivity index (χ1) is 10.8. The monoisotopic (exact) mass is 314 g/mol. The summed E-state index contributed by atoms with van der Waals surface area (Å²) in [6, 6.07) is 15.6. The standard InChI is InChI=1S/C16H15ClN4O/c17-14-5-1-4-13(7-14)10-22-15-6-2-3-12(8-15)9-18-16-19-11-20-21-16/h1-8,11H,9-10H2,(H2,18,19,20,21). The molecule has 6 heteroatoms. The molecule has 0 amide bonds. The summed E-state index contributed by atoms with van der Waals surface area (Å²) in [5.41, 5.74) is 2.14. The quantitative estimate of drug-likeness (QED) is 0.729. The highest BCUT2D eigenvalue weighted by Gasteiger charge is 2.00. The van der Waals surface area contributed by atoms with Gasteiger partial charge in [0.25, 0.3) is 0 Å². The van der Waals surface area contributed by atoms with E-state index in [0.717, 1.165) is 16.9 Å². The number of rotatable bonds is 6. The summed E-state index contributed by atoms with van der Waals surface area (Å²) in [5.74, 6) is 1.46. The first-order valence-corrected chi connectivity index (χ1v) is 7.23. The smallest absolute Gasteiger partial charge is 0.218 e. The molecule has 0 saturated heterocycles. The number of nitrogens with zero attached hydrogens (tertiary/aromatic N) is 2. The molecule has 0 unspecified atom stereocenters. The molecule has 0 saturated carbocycles. The molecule has 3 rings (SSSR count). The highest BCUT2D eigenvalue weighted by Crippen LogP contribution is 2.17.